The molecule has 2 N–H and O–H groups in total. The molecule has 0 bridgehead atoms. The van der Waals surface area contributed by atoms with Gasteiger partial charge in [-0.1, -0.05) is 19.1 Å². The van der Waals surface area contributed by atoms with Crippen molar-refractivity contribution in [1.29, 1.82) is 0 Å². The van der Waals surface area contributed by atoms with Crippen LogP contribution in [0.2, 0.25) is 0 Å². The molecule has 0 spiro atoms. The maximum absolute atomic E-state index is 11.7. The van der Waals surface area contributed by atoms with Crippen molar-refractivity contribution >= 4 is 23.7 Å². The SMILES string of the molecule is CC[C@H](C)NC(=O)C(=O)N/N=C\c1cccc(OCc2ccc([N+](=O)[O-])cc2)c1. The van der Waals surface area contributed by atoms with Gasteiger partial charge < -0.3 is 10.1 Å². The minimum atomic E-state index is -0.841. The van der Waals surface area contributed by atoms with Gasteiger partial charge in [0.15, 0.2) is 0 Å². The van der Waals surface area contributed by atoms with Crippen LogP contribution in [0, 0.1) is 10.1 Å². The Kier molecular flexibility index (Phi) is 7.84. The van der Waals surface area contributed by atoms with Gasteiger partial charge >= 0.3 is 11.8 Å². The van der Waals surface area contributed by atoms with Crippen LogP contribution in [-0.2, 0) is 16.2 Å². The number of carbonyl (C=O) groups is 2. The molecule has 2 aromatic carbocycles. The van der Waals surface area contributed by atoms with Crippen molar-refractivity contribution in [3.63, 3.8) is 0 Å². The first-order valence-electron chi connectivity index (χ1n) is 8.99. The zero-order valence-electron chi connectivity index (χ0n) is 16.1. The zero-order chi connectivity index (χ0) is 21.2. The van der Waals surface area contributed by atoms with Gasteiger partial charge in [0.1, 0.15) is 12.4 Å². The Morgan fingerprint density at radius 1 is 1.21 bits per heavy atom. The van der Waals surface area contributed by atoms with Gasteiger partial charge in [-0.25, -0.2) is 5.43 Å². The number of non-ortho nitro benzene ring substituents is 1. The standard InChI is InChI=1S/C20H22N4O5/c1-3-14(2)22-19(25)20(26)23-21-12-16-5-4-6-18(11-16)29-13-15-7-9-17(10-8-15)24(27)28/h4-12,14H,3,13H2,1-2H3,(H,22,25)(H,23,26)/b21-12-/t14-/m0/s1. The molecule has 0 saturated carbocycles. The monoisotopic (exact) mass is 398 g/mol. The molecule has 0 unspecified atom stereocenters. The zero-order valence-corrected chi connectivity index (χ0v) is 16.1. The van der Waals surface area contributed by atoms with Crippen LogP contribution in [0.25, 0.3) is 0 Å². The molecule has 0 aliphatic carbocycles. The van der Waals surface area contributed by atoms with E-state index in [0.29, 0.717) is 11.3 Å². The molecule has 29 heavy (non-hydrogen) atoms. The molecular weight excluding hydrogens is 376 g/mol. The number of hydrazone groups is 1. The Balaban J connectivity index is 1.88. The summed E-state index contributed by atoms with van der Waals surface area (Å²) >= 11 is 0. The van der Waals surface area contributed by atoms with E-state index in [1.54, 1.807) is 43.3 Å². The maximum Gasteiger partial charge on any atom is 0.329 e. The maximum atomic E-state index is 11.7. The van der Waals surface area contributed by atoms with Crippen LogP contribution < -0.4 is 15.5 Å². The van der Waals surface area contributed by atoms with Crippen molar-refractivity contribution in [3.05, 3.63) is 69.8 Å². The minimum absolute atomic E-state index is 0.0202. The lowest BCUT2D eigenvalue weighted by atomic mass is 10.2. The normalized spacial score (nSPS) is 11.7. The molecule has 9 heteroatoms. The van der Waals surface area contributed by atoms with E-state index in [0.717, 1.165) is 12.0 Å². The number of hydrogen-bond donors (Lipinski definition) is 2. The van der Waals surface area contributed by atoms with E-state index in [1.807, 2.05) is 6.92 Å². The average molecular weight is 398 g/mol. The molecule has 0 aromatic heterocycles. The van der Waals surface area contributed by atoms with Gasteiger partial charge in [0, 0.05) is 18.2 Å². The third-order valence-electron chi connectivity index (χ3n) is 3.99. The van der Waals surface area contributed by atoms with Crippen molar-refractivity contribution in [2.24, 2.45) is 5.10 Å². The first-order valence-corrected chi connectivity index (χ1v) is 8.99. The van der Waals surface area contributed by atoms with E-state index in [9.17, 15) is 19.7 Å². The van der Waals surface area contributed by atoms with Crippen molar-refractivity contribution in [2.45, 2.75) is 32.9 Å². The second-order valence-corrected chi connectivity index (χ2v) is 6.27. The second kappa shape index (κ2) is 10.5. The third kappa shape index (κ3) is 7.06. The summed E-state index contributed by atoms with van der Waals surface area (Å²) in [4.78, 5) is 33.5. The van der Waals surface area contributed by atoms with Crippen LogP contribution in [0.5, 0.6) is 5.75 Å². The molecule has 0 fully saturated rings. The number of nitrogens with zero attached hydrogens (tertiary/aromatic N) is 2. The Morgan fingerprint density at radius 2 is 1.93 bits per heavy atom. The second-order valence-electron chi connectivity index (χ2n) is 6.27. The smallest absolute Gasteiger partial charge is 0.329 e. The highest BCUT2D eigenvalue weighted by Gasteiger charge is 2.14. The van der Waals surface area contributed by atoms with Gasteiger partial charge in [0.25, 0.3) is 5.69 Å². The molecule has 0 radical (unpaired) electrons. The quantitative estimate of drug-likeness (QED) is 0.306. The van der Waals surface area contributed by atoms with Crippen LogP contribution in [0.3, 0.4) is 0 Å². The average Bonchev–Trinajstić information content (AvgIpc) is 2.72. The summed E-state index contributed by atoms with van der Waals surface area (Å²) < 4.78 is 5.67. The van der Waals surface area contributed by atoms with Gasteiger partial charge in [-0.05, 0) is 48.7 Å². The summed E-state index contributed by atoms with van der Waals surface area (Å²) in [6.07, 6.45) is 2.11. The Labute approximate surface area is 167 Å². The van der Waals surface area contributed by atoms with E-state index in [2.05, 4.69) is 15.8 Å². The van der Waals surface area contributed by atoms with Crippen LogP contribution in [0.15, 0.2) is 53.6 Å². The van der Waals surface area contributed by atoms with E-state index in [-0.39, 0.29) is 18.3 Å². The molecule has 0 heterocycles. The summed E-state index contributed by atoms with van der Waals surface area (Å²) in [6, 6.07) is 13.0. The van der Waals surface area contributed by atoms with Gasteiger partial charge in [0.2, 0.25) is 0 Å². The molecule has 0 aliphatic rings. The first-order chi connectivity index (χ1) is 13.9. The molecule has 9 nitrogen and oxygen atoms in total. The number of rotatable bonds is 8. The largest absolute Gasteiger partial charge is 0.489 e. The highest BCUT2D eigenvalue weighted by atomic mass is 16.6. The lowest BCUT2D eigenvalue weighted by Gasteiger charge is -2.09. The predicted octanol–water partition coefficient (Wildman–Crippen LogP) is 2.54. The number of hydrogen-bond acceptors (Lipinski definition) is 6. The van der Waals surface area contributed by atoms with Crippen LogP contribution in [-0.4, -0.2) is 29.0 Å². The number of amides is 2. The number of ether oxygens (including phenoxy) is 1. The Bertz CT molecular complexity index is 896. The highest BCUT2D eigenvalue weighted by Crippen LogP contribution is 2.16. The van der Waals surface area contributed by atoms with Crippen LogP contribution in [0.1, 0.15) is 31.4 Å². The molecular formula is C20H22N4O5. The van der Waals surface area contributed by atoms with Gasteiger partial charge in [-0.2, -0.15) is 5.10 Å². The Morgan fingerprint density at radius 3 is 2.59 bits per heavy atom. The molecule has 152 valence electrons. The van der Waals surface area contributed by atoms with Crippen molar-refractivity contribution < 1.29 is 19.2 Å². The van der Waals surface area contributed by atoms with Gasteiger partial charge in [0.05, 0.1) is 11.1 Å². The number of nitro groups is 1. The van der Waals surface area contributed by atoms with Crippen molar-refractivity contribution in [1.82, 2.24) is 10.7 Å². The summed E-state index contributed by atoms with van der Waals surface area (Å²) in [6.45, 7) is 3.94. The van der Waals surface area contributed by atoms with E-state index < -0.39 is 16.7 Å². The summed E-state index contributed by atoms with van der Waals surface area (Å²) in [5.41, 5.74) is 3.64. The molecule has 2 amide bonds. The number of nitro benzene ring substituents is 1. The topological polar surface area (TPSA) is 123 Å². The molecule has 1 atom stereocenters. The lowest BCUT2D eigenvalue weighted by Crippen LogP contribution is -2.41. The molecule has 2 aromatic rings. The molecule has 2 rings (SSSR count). The number of carbonyl (C=O) groups excluding carboxylic acids is 2. The highest BCUT2D eigenvalue weighted by molar-refractivity contribution is 6.35. The number of nitrogens with one attached hydrogen (secondary N) is 2. The predicted molar refractivity (Wildman–Crippen MR) is 108 cm³/mol. The first kappa shape index (κ1) is 21.5. The number of benzene rings is 2. The summed E-state index contributed by atoms with van der Waals surface area (Å²) in [5.74, 6) is -1.02. The fourth-order valence-electron chi connectivity index (χ4n) is 2.17. The fraction of sp³-hybridized carbons (Fsp3) is 0.250. The summed E-state index contributed by atoms with van der Waals surface area (Å²) in [7, 11) is 0. The van der Waals surface area contributed by atoms with Crippen molar-refractivity contribution in [2.75, 3.05) is 0 Å². The van der Waals surface area contributed by atoms with E-state index >= 15 is 0 Å². The molecule has 0 saturated heterocycles. The fourth-order valence-corrected chi connectivity index (χ4v) is 2.17. The van der Waals surface area contributed by atoms with E-state index in [4.69, 9.17) is 4.74 Å². The van der Waals surface area contributed by atoms with Crippen molar-refractivity contribution in [3.8, 4) is 5.75 Å². The van der Waals surface area contributed by atoms with Crippen LogP contribution in [0.4, 0.5) is 5.69 Å². The summed E-state index contributed by atoms with van der Waals surface area (Å²) in [5, 5.41) is 17.0. The van der Waals surface area contributed by atoms with Gasteiger partial charge in [-0.15, -0.1) is 0 Å². The third-order valence-corrected chi connectivity index (χ3v) is 3.99. The minimum Gasteiger partial charge on any atom is -0.489 e. The van der Waals surface area contributed by atoms with E-state index in [1.165, 1.54) is 18.3 Å². The van der Waals surface area contributed by atoms with Crippen LogP contribution >= 0.6 is 0 Å². The molecule has 0 aliphatic heterocycles. The Hall–Kier alpha value is -3.75. The lowest BCUT2D eigenvalue weighted by molar-refractivity contribution is -0.384. The van der Waals surface area contributed by atoms with Gasteiger partial charge in [-0.3, -0.25) is 19.7 Å².